The zero-order valence-electron chi connectivity index (χ0n) is 10.8. The van der Waals surface area contributed by atoms with Crippen molar-refractivity contribution in [3.05, 3.63) is 59.7 Å². The highest BCUT2D eigenvalue weighted by molar-refractivity contribution is 5.79. The number of rotatable bonds is 3. The molecule has 3 rings (SSSR count). The average Bonchev–Trinajstić information content (AvgIpc) is 2.77. The standard InChI is InChI=1S/C15H16N4/c1-11-7-8-14-13(9-11)17-15(18-16)19(14)10-12-5-3-2-4-6-12/h2-9H,10,16H2,1H3,(H,17,18). The summed E-state index contributed by atoms with van der Waals surface area (Å²) < 4.78 is 2.09. The van der Waals surface area contributed by atoms with E-state index < -0.39 is 0 Å². The van der Waals surface area contributed by atoms with E-state index in [0.29, 0.717) is 5.95 Å². The lowest BCUT2D eigenvalue weighted by molar-refractivity contribution is 0.827. The molecule has 0 atom stereocenters. The topological polar surface area (TPSA) is 55.9 Å². The van der Waals surface area contributed by atoms with Crippen LogP contribution in [-0.2, 0) is 6.54 Å². The number of aryl methyl sites for hydroxylation is 1. The Bertz CT molecular complexity index is 701. The Morgan fingerprint density at radius 2 is 1.95 bits per heavy atom. The molecule has 19 heavy (non-hydrogen) atoms. The van der Waals surface area contributed by atoms with Crippen LogP contribution in [0.4, 0.5) is 5.95 Å². The van der Waals surface area contributed by atoms with E-state index in [4.69, 9.17) is 5.84 Å². The van der Waals surface area contributed by atoms with Crippen molar-refractivity contribution in [1.82, 2.24) is 9.55 Å². The second kappa shape index (κ2) is 4.74. The molecule has 0 fully saturated rings. The molecule has 0 aliphatic heterocycles. The van der Waals surface area contributed by atoms with Crippen molar-refractivity contribution in [2.75, 3.05) is 5.43 Å². The van der Waals surface area contributed by atoms with Crippen molar-refractivity contribution in [2.45, 2.75) is 13.5 Å². The molecule has 0 saturated heterocycles. The summed E-state index contributed by atoms with van der Waals surface area (Å²) >= 11 is 0. The van der Waals surface area contributed by atoms with Gasteiger partial charge in [0.1, 0.15) is 0 Å². The fourth-order valence-corrected chi connectivity index (χ4v) is 2.28. The van der Waals surface area contributed by atoms with E-state index in [0.717, 1.165) is 17.6 Å². The minimum Gasteiger partial charge on any atom is -0.305 e. The van der Waals surface area contributed by atoms with Crippen LogP contribution in [0.5, 0.6) is 0 Å². The van der Waals surface area contributed by atoms with Gasteiger partial charge >= 0.3 is 0 Å². The van der Waals surface area contributed by atoms with Crippen molar-refractivity contribution in [3.8, 4) is 0 Å². The van der Waals surface area contributed by atoms with E-state index >= 15 is 0 Å². The number of fused-ring (bicyclic) bond motifs is 1. The van der Waals surface area contributed by atoms with Gasteiger partial charge in [0, 0.05) is 0 Å². The Morgan fingerprint density at radius 1 is 1.16 bits per heavy atom. The zero-order chi connectivity index (χ0) is 13.2. The number of hydrogen-bond acceptors (Lipinski definition) is 3. The third kappa shape index (κ3) is 2.18. The molecule has 0 unspecified atom stereocenters. The Morgan fingerprint density at radius 3 is 2.68 bits per heavy atom. The minimum atomic E-state index is 0.685. The van der Waals surface area contributed by atoms with Gasteiger partial charge in [-0.1, -0.05) is 36.4 Å². The normalized spacial score (nSPS) is 10.8. The van der Waals surface area contributed by atoms with Crippen molar-refractivity contribution < 1.29 is 0 Å². The molecule has 1 heterocycles. The maximum atomic E-state index is 5.57. The zero-order valence-corrected chi connectivity index (χ0v) is 10.8. The summed E-state index contributed by atoms with van der Waals surface area (Å²) in [5.41, 5.74) is 7.14. The lowest BCUT2D eigenvalue weighted by Crippen LogP contribution is -2.13. The van der Waals surface area contributed by atoms with Gasteiger partial charge in [-0.2, -0.15) is 0 Å². The number of anilines is 1. The van der Waals surface area contributed by atoms with Crippen molar-refractivity contribution in [3.63, 3.8) is 0 Å². The van der Waals surface area contributed by atoms with Crippen LogP contribution in [0.25, 0.3) is 11.0 Å². The maximum absolute atomic E-state index is 5.57. The molecule has 3 aromatic rings. The SMILES string of the molecule is Cc1ccc2c(c1)nc(NN)n2Cc1ccccc1. The number of benzene rings is 2. The molecule has 0 bridgehead atoms. The predicted octanol–water partition coefficient (Wildman–Crippen LogP) is 2.68. The third-order valence-corrected chi connectivity index (χ3v) is 3.22. The van der Waals surface area contributed by atoms with Gasteiger partial charge in [0.05, 0.1) is 17.6 Å². The summed E-state index contributed by atoms with van der Waals surface area (Å²) in [5, 5.41) is 0. The maximum Gasteiger partial charge on any atom is 0.218 e. The second-order valence-corrected chi connectivity index (χ2v) is 4.64. The van der Waals surface area contributed by atoms with Crippen LogP contribution < -0.4 is 11.3 Å². The third-order valence-electron chi connectivity index (χ3n) is 3.22. The van der Waals surface area contributed by atoms with Crippen LogP contribution in [0.1, 0.15) is 11.1 Å². The molecule has 3 N–H and O–H groups in total. The second-order valence-electron chi connectivity index (χ2n) is 4.64. The van der Waals surface area contributed by atoms with Crippen molar-refractivity contribution >= 4 is 17.0 Å². The van der Waals surface area contributed by atoms with E-state index in [2.05, 4.69) is 52.2 Å². The molecule has 0 saturated carbocycles. The van der Waals surface area contributed by atoms with E-state index in [1.165, 1.54) is 11.1 Å². The molecule has 0 aliphatic rings. The van der Waals surface area contributed by atoms with E-state index in [1.54, 1.807) is 0 Å². The first-order valence-corrected chi connectivity index (χ1v) is 6.25. The summed E-state index contributed by atoms with van der Waals surface area (Å²) in [6, 6.07) is 16.5. The quantitative estimate of drug-likeness (QED) is 0.556. The number of hydrogen-bond donors (Lipinski definition) is 2. The van der Waals surface area contributed by atoms with Crippen LogP contribution in [0.2, 0.25) is 0 Å². The van der Waals surface area contributed by atoms with Gasteiger partial charge in [0.2, 0.25) is 5.95 Å². The average molecular weight is 252 g/mol. The Hall–Kier alpha value is -2.33. The molecule has 4 heteroatoms. The van der Waals surface area contributed by atoms with Crippen LogP contribution in [0.15, 0.2) is 48.5 Å². The molecule has 0 aliphatic carbocycles. The van der Waals surface area contributed by atoms with Gasteiger partial charge < -0.3 is 4.57 Å². The van der Waals surface area contributed by atoms with Gasteiger partial charge in [-0.15, -0.1) is 0 Å². The first kappa shape index (κ1) is 11.7. The summed E-state index contributed by atoms with van der Waals surface area (Å²) in [5.74, 6) is 6.26. The van der Waals surface area contributed by atoms with Crippen molar-refractivity contribution in [2.24, 2.45) is 5.84 Å². The summed E-state index contributed by atoms with van der Waals surface area (Å²) in [6.45, 7) is 2.81. The van der Waals surface area contributed by atoms with Gasteiger partial charge in [-0.05, 0) is 30.2 Å². The van der Waals surface area contributed by atoms with E-state index in [1.807, 2.05) is 18.2 Å². The first-order valence-electron chi connectivity index (χ1n) is 6.25. The summed E-state index contributed by atoms with van der Waals surface area (Å²) in [6.07, 6.45) is 0. The first-order chi connectivity index (χ1) is 9.28. The largest absolute Gasteiger partial charge is 0.305 e. The number of imidazole rings is 1. The predicted molar refractivity (Wildman–Crippen MR) is 77.8 cm³/mol. The Balaban J connectivity index is 2.11. The van der Waals surface area contributed by atoms with Crippen LogP contribution in [0.3, 0.4) is 0 Å². The van der Waals surface area contributed by atoms with Gasteiger partial charge in [-0.25, -0.2) is 10.8 Å². The molecule has 4 nitrogen and oxygen atoms in total. The van der Waals surface area contributed by atoms with Crippen LogP contribution in [0, 0.1) is 6.92 Å². The smallest absolute Gasteiger partial charge is 0.218 e. The molecule has 2 aromatic carbocycles. The molecule has 0 spiro atoms. The number of hydrazine groups is 1. The highest BCUT2D eigenvalue weighted by Crippen LogP contribution is 2.21. The lowest BCUT2D eigenvalue weighted by Gasteiger charge is -2.08. The molecular weight excluding hydrogens is 236 g/mol. The van der Waals surface area contributed by atoms with Crippen LogP contribution >= 0.6 is 0 Å². The number of nitrogens with one attached hydrogen (secondary N) is 1. The molecular formula is C15H16N4. The number of nitrogens with two attached hydrogens (primary N) is 1. The van der Waals surface area contributed by atoms with Gasteiger partial charge in [-0.3, -0.25) is 5.43 Å². The minimum absolute atomic E-state index is 0.685. The highest BCUT2D eigenvalue weighted by atomic mass is 15.3. The molecule has 1 aromatic heterocycles. The van der Waals surface area contributed by atoms with E-state index in [9.17, 15) is 0 Å². The summed E-state index contributed by atoms with van der Waals surface area (Å²) in [4.78, 5) is 4.52. The Kier molecular flexibility index (Phi) is 2.93. The monoisotopic (exact) mass is 252 g/mol. The fraction of sp³-hybridized carbons (Fsp3) is 0.133. The molecule has 0 radical (unpaired) electrons. The molecule has 0 amide bonds. The van der Waals surface area contributed by atoms with Crippen molar-refractivity contribution in [1.29, 1.82) is 0 Å². The Labute approximate surface area is 111 Å². The van der Waals surface area contributed by atoms with Crippen LogP contribution in [-0.4, -0.2) is 9.55 Å². The lowest BCUT2D eigenvalue weighted by atomic mass is 10.2. The van der Waals surface area contributed by atoms with E-state index in [-0.39, 0.29) is 0 Å². The number of nitrogens with zero attached hydrogens (tertiary/aromatic N) is 2. The van der Waals surface area contributed by atoms with Gasteiger partial charge in [0.15, 0.2) is 0 Å². The number of nitrogen functional groups attached to an aromatic ring is 1. The van der Waals surface area contributed by atoms with Gasteiger partial charge in [0.25, 0.3) is 0 Å². The highest BCUT2D eigenvalue weighted by Gasteiger charge is 2.10. The molecule has 96 valence electrons. The summed E-state index contributed by atoms with van der Waals surface area (Å²) in [7, 11) is 0. The number of aromatic nitrogens is 2. The fourth-order valence-electron chi connectivity index (χ4n) is 2.28.